The molecule has 1 atom stereocenters. The lowest BCUT2D eigenvalue weighted by molar-refractivity contribution is 0.0655. The largest absolute Gasteiger partial charge is 0.333 e. The highest BCUT2D eigenvalue weighted by Crippen LogP contribution is 2.18. The molecule has 0 aliphatic carbocycles. The van der Waals surface area contributed by atoms with Crippen LogP contribution in [0.3, 0.4) is 0 Å². The number of rotatable bonds is 1. The predicted octanol–water partition coefficient (Wildman–Crippen LogP) is 2.02. The highest BCUT2D eigenvalue weighted by atomic mass is 79.9. The van der Waals surface area contributed by atoms with Crippen LogP contribution >= 0.6 is 15.9 Å². The van der Waals surface area contributed by atoms with Gasteiger partial charge in [-0.3, -0.25) is 4.79 Å². The van der Waals surface area contributed by atoms with Gasteiger partial charge in [-0.2, -0.15) is 0 Å². The molecule has 0 saturated carbocycles. The zero-order valence-corrected chi connectivity index (χ0v) is 11.1. The molecule has 17 heavy (non-hydrogen) atoms. The van der Waals surface area contributed by atoms with Gasteiger partial charge in [0.05, 0.1) is 4.47 Å². The summed E-state index contributed by atoms with van der Waals surface area (Å²) in [4.78, 5) is 14.0. The summed E-state index contributed by atoms with van der Waals surface area (Å²) >= 11 is 3.08. The molecule has 3 nitrogen and oxygen atoms in total. The molecular weight excluding hydrogens is 287 g/mol. The Kier molecular flexibility index (Phi) is 3.79. The standard InChI is InChI=1S/C12H14BrFN2O/c1-8-7-15-4-5-16(8)12(17)9-2-3-10(13)11(14)6-9/h2-3,6,8,15H,4-5,7H2,1H3. The van der Waals surface area contributed by atoms with Crippen LogP contribution in [0.2, 0.25) is 0 Å². The Morgan fingerprint density at radius 3 is 3.00 bits per heavy atom. The third-order valence-corrected chi connectivity index (χ3v) is 3.57. The average molecular weight is 301 g/mol. The van der Waals surface area contributed by atoms with Crippen LogP contribution in [0.4, 0.5) is 4.39 Å². The highest BCUT2D eigenvalue weighted by Gasteiger charge is 2.24. The molecule has 1 unspecified atom stereocenters. The van der Waals surface area contributed by atoms with E-state index in [0.29, 0.717) is 16.6 Å². The van der Waals surface area contributed by atoms with Gasteiger partial charge in [0.15, 0.2) is 0 Å². The number of hydrogen-bond acceptors (Lipinski definition) is 2. The van der Waals surface area contributed by atoms with E-state index in [1.807, 2.05) is 6.92 Å². The van der Waals surface area contributed by atoms with Crippen LogP contribution in [-0.2, 0) is 0 Å². The van der Waals surface area contributed by atoms with Crippen LogP contribution in [0.25, 0.3) is 0 Å². The van der Waals surface area contributed by atoms with E-state index in [9.17, 15) is 9.18 Å². The van der Waals surface area contributed by atoms with Crippen molar-refractivity contribution in [1.29, 1.82) is 0 Å². The van der Waals surface area contributed by atoms with E-state index in [4.69, 9.17) is 0 Å². The van der Waals surface area contributed by atoms with Crippen molar-refractivity contribution < 1.29 is 9.18 Å². The number of nitrogens with zero attached hydrogens (tertiary/aromatic N) is 1. The normalized spacial score (nSPS) is 20.4. The lowest BCUT2D eigenvalue weighted by Gasteiger charge is -2.34. The number of piperazine rings is 1. The van der Waals surface area contributed by atoms with Crippen molar-refractivity contribution in [3.63, 3.8) is 0 Å². The number of carbonyl (C=O) groups excluding carboxylic acids is 1. The number of nitrogens with one attached hydrogen (secondary N) is 1. The van der Waals surface area contributed by atoms with E-state index in [0.717, 1.165) is 13.1 Å². The lowest BCUT2D eigenvalue weighted by atomic mass is 10.1. The maximum Gasteiger partial charge on any atom is 0.254 e. The second kappa shape index (κ2) is 5.14. The average Bonchev–Trinajstić information content (AvgIpc) is 2.32. The Labute approximate surface area is 108 Å². The van der Waals surface area contributed by atoms with Gasteiger partial charge in [0, 0.05) is 31.2 Å². The van der Waals surface area contributed by atoms with Crippen LogP contribution in [0.5, 0.6) is 0 Å². The molecule has 1 saturated heterocycles. The summed E-state index contributed by atoms with van der Waals surface area (Å²) in [5.74, 6) is -0.510. The molecule has 1 heterocycles. The summed E-state index contributed by atoms with van der Waals surface area (Å²) in [6, 6.07) is 4.63. The van der Waals surface area contributed by atoms with Gasteiger partial charge in [-0.15, -0.1) is 0 Å². The Bertz CT molecular complexity index is 439. The first-order valence-electron chi connectivity index (χ1n) is 5.56. The summed E-state index contributed by atoms with van der Waals surface area (Å²) < 4.78 is 13.8. The number of benzene rings is 1. The maximum atomic E-state index is 13.4. The monoisotopic (exact) mass is 300 g/mol. The van der Waals surface area contributed by atoms with Crippen molar-refractivity contribution >= 4 is 21.8 Å². The zero-order chi connectivity index (χ0) is 12.4. The van der Waals surface area contributed by atoms with Crippen LogP contribution in [0.15, 0.2) is 22.7 Å². The molecule has 1 aromatic rings. The molecule has 1 aliphatic heterocycles. The first-order chi connectivity index (χ1) is 8.09. The lowest BCUT2D eigenvalue weighted by Crippen LogP contribution is -2.52. The molecule has 1 fully saturated rings. The summed E-state index contributed by atoms with van der Waals surface area (Å²) in [6.45, 7) is 4.22. The van der Waals surface area contributed by atoms with Crippen LogP contribution in [-0.4, -0.2) is 36.5 Å². The Morgan fingerprint density at radius 1 is 1.59 bits per heavy atom. The van der Waals surface area contributed by atoms with Gasteiger partial charge < -0.3 is 10.2 Å². The van der Waals surface area contributed by atoms with Crippen LogP contribution in [0, 0.1) is 5.82 Å². The van der Waals surface area contributed by atoms with Gasteiger partial charge in [-0.05, 0) is 41.1 Å². The van der Waals surface area contributed by atoms with Crippen molar-refractivity contribution in [3.8, 4) is 0 Å². The molecule has 1 aromatic carbocycles. The fourth-order valence-electron chi connectivity index (χ4n) is 1.94. The van der Waals surface area contributed by atoms with Crippen molar-refractivity contribution in [2.45, 2.75) is 13.0 Å². The van der Waals surface area contributed by atoms with Gasteiger partial charge in [-0.25, -0.2) is 4.39 Å². The highest BCUT2D eigenvalue weighted by molar-refractivity contribution is 9.10. The summed E-state index contributed by atoms with van der Waals surface area (Å²) in [5.41, 5.74) is 0.402. The Hall–Kier alpha value is -0.940. The molecule has 92 valence electrons. The molecule has 1 N–H and O–H groups in total. The third-order valence-electron chi connectivity index (χ3n) is 2.93. The van der Waals surface area contributed by atoms with Gasteiger partial charge >= 0.3 is 0 Å². The quantitative estimate of drug-likeness (QED) is 0.861. The van der Waals surface area contributed by atoms with E-state index in [1.54, 1.807) is 17.0 Å². The van der Waals surface area contributed by atoms with E-state index in [2.05, 4.69) is 21.2 Å². The zero-order valence-electron chi connectivity index (χ0n) is 9.54. The van der Waals surface area contributed by atoms with E-state index in [1.165, 1.54) is 6.07 Å². The summed E-state index contributed by atoms with van der Waals surface area (Å²) in [6.07, 6.45) is 0. The third kappa shape index (κ3) is 2.66. The van der Waals surface area contributed by atoms with Gasteiger partial charge in [0.25, 0.3) is 5.91 Å². The van der Waals surface area contributed by atoms with Gasteiger partial charge in [-0.1, -0.05) is 0 Å². The van der Waals surface area contributed by atoms with Crippen molar-refractivity contribution in [2.24, 2.45) is 0 Å². The molecule has 2 rings (SSSR count). The number of carbonyl (C=O) groups is 1. The predicted molar refractivity (Wildman–Crippen MR) is 67.5 cm³/mol. The second-order valence-corrected chi connectivity index (χ2v) is 5.03. The van der Waals surface area contributed by atoms with Crippen LogP contribution in [0.1, 0.15) is 17.3 Å². The maximum absolute atomic E-state index is 13.4. The first-order valence-corrected chi connectivity index (χ1v) is 6.35. The molecule has 0 spiro atoms. The number of hydrogen-bond donors (Lipinski definition) is 1. The minimum atomic E-state index is -0.404. The molecule has 0 bridgehead atoms. The fraction of sp³-hybridized carbons (Fsp3) is 0.417. The van der Waals surface area contributed by atoms with Crippen molar-refractivity contribution in [3.05, 3.63) is 34.1 Å². The minimum absolute atomic E-state index is 0.106. The Balaban J connectivity index is 2.21. The van der Waals surface area contributed by atoms with E-state index < -0.39 is 5.82 Å². The summed E-state index contributed by atoms with van der Waals surface area (Å²) in [5, 5.41) is 3.22. The topological polar surface area (TPSA) is 32.3 Å². The molecule has 1 aliphatic rings. The summed E-state index contributed by atoms with van der Waals surface area (Å²) in [7, 11) is 0. The van der Waals surface area contributed by atoms with Gasteiger partial charge in [0.2, 0.25) is 0 Å². The number of amides is 1. The van der Waals surface area contributed by atoms with Crippen molar-refractivity contribution in [1.82, 2.24) is 10.2 Å². The molecule has 5 heteroatoms. The molecule has 1 amide bonds. The van der Waals surface area contributed by atoms with Gasteiger partial charge in [0.1, 0.15) is 5.82 Å². The van der Waals surface area contributed by atoms with Crippen LogP contribution < -0.4 is 5.32 Å². The fourth-order valence-corrected chi connectivity index (χ4v) is 2.18. The number of halogens is 2. The second-order valence-electron chi connectivity index (χ2n) is 4.18. The molecular formula is C12H14BrFN2O. The SMILES string of the molecule is CC1CNCCN1C(=O)c1ccc(Br)c(F)c1. The Morgan fingerprint density at radius 2 is 2.35 bits per heavy atom. The van der Waals surface area contributed by atoms with Crippen molar-refractivity contribution in [2.75, 3.05) is 19.6 Å². The minimum Gasteiger partial charge on any atom is -0.333 e. The van der Waals surface area contributed by atoms with E-state index >= 15 is 0 Å². The smallest absolute Gasteiger partial charge is 0.254 e. The molecule has 0 radical (unpaired) electrons. The first kappa shape index (κ1) is 12.5. The van der Waals surface area contributed by atoms with E-state index in [-0.39, 0.29) is 11.9 Å². The molecule has 0 aromatic heterocycles.